The maximum absolute atomic E-state index is 12.5. The third-order valence-corrected chi connectivity index (χ3v) is 7.21. The number of hydrogen-bond acceptors (Lipinski definition) is 3. The van der Waals surface area contributed by atoms with Gasteiger partial charge in [0.15, 0.2) is 0 Å². The lowest BCUT2D eigenvalue weighted by Crippen LogP contribution is -2.28. The number of nitrogens with zero attached hydrogens (tertiary/aromatic N) is 1. The van der Waals surface area contributed by atoms with Crippen molar-refractivity contribution in [1.82, 2.24) is 10.2 Å². The monoisotopic (exact) mass is 478 g/mol. The van der Waals surface area contributed by atoms with Crippen LogP contribution in [0.5, 0.6) is 0 Å². The van der Waals surface area contributed by atoms with Crippen LogP contribution in [-0.2, 0) is 17.8 Å². The zero-order valence-corrected chi connectivity index (χ0v) is 20.2. The summed E-state index contributed by atoms with van der Waals surface area (Å²) >= 11 is 7.59. The summed E-state index contributed by atoms with van der Waals surface area (Å²) in [7, 11) is 0. The Balaban J connectivity index is 1.32. The molecule has 1 unspecified atom stereocenters. The second kappa shape index (κ2) is 10.9. The molecule has 1 N–H and O–H groups in total. The van der Waals surface area contributed by atoms with E-state index in [9.17, 15) is 9.59 Å². The predicted octanol–water partition coefficient (Wildman–Crippen LogP) is 5.79. The molecule has 1 aliphatic rings. The molecule has 4 rings (SSSR count). The van der Waals surface area contributed by atoms with Crippen LogP contribution in [0.2, 0.25) is 5.02 Å². The number of carbonyl (C=O) groups excluding carboxylic acids is 2. The molecular formula is C27H27ClN2O2S. The smallest absolute Gasteiger partial charge is 0.251 e. The standard InChI is InChI=1S/C27H27ClN2O2S/c1-19-4-2-5-20(16-19)6-3-15-29-26(32)22-9-11-23(12-10-22)27-30(25(31)18-33-27)17-21-7-13-24(28)14-8-21/h2,4-5,7-14,16,27H,3,6,15,17-18H2,1H3,(H,29,32). The number of aryl methyl sites for hydroxylation is 2. The largest absolute Gasteiger partial charge is 0.352 e. The number of hydrogen-bond donors (Lipinski definition) is 1. The van der Waals surface area contributed by atoms with Gasteiger partial charge in [0.1, 0.15) is 5.37 Å². The molecule has 3 aromatic rings. The highest BCUT2D eigenvalue weighted by Gasteiger charge is 2.32. The molecule has 170 valence electrons. The number of benzene rings is 3. The minimum absolute atomic E-state index is 0.0559. The van der Waals surface area contributed by atoms with E-state index in [-0.39, 0.29) is 17.2 Å². The molecule has 2 amide bonds. The maximum Gasteiger partial charge on any atom is 0.251 e. The molecular weight excluding hydrogens is 452 g/mol. The quantitative estimate of drug-likeness (QED) is 0.417. The fourth-order valence-electron chi connectivity index (χ4n) is 3.95. The van der Waals surface area contributed by atoms with Crippen molar-refractivity contribution in [2.45, 2.75) is 31.7 Å². The van der Waals surface area contributed by atoms with E-state index in [1.54, 1.807) is 11.8 Å². The first kappa shape index (κ1) is 23.4. The van der Waals surface area contributed by atoms with Crippen molar-refractivity contribution >= 4 is 35.2 Å². The van der Waals surface area contributed by atoms with Gasteiger partial charge in [0.2, 0.25) is 5.91 Å². The maximum atomic E-state index is 12.5. The van der Waals surface area contributed by atoms with Crippen molar-refractivity contribution in [2.75, 3.05) is 12.3 Å². The molecule has 1 heterocycles. The second-order valence-electron chi connectivity index (χ2n) is 8.28. The first-order valence-electron chi connectivity index (χ1n) is 11.1. The third kappa shape index (κ3) is 6.18. The van der Waals surface area contributed by atoms with Crippen LogP contribution in [0.25, 0.3) is 0 Å². The van der Waals surface area contributed by atoms with E-state index >= 15 is 0 Å². The Hall–Kier alpha value is -2.76. The third-order valence-electron chi connectivity index (χ3n) is 5.70. The van der Waals surface area contributed by atoms with Crippen LogP contribution in [0.15, 0.2) is 72.8 Å². The SMILES string of the molecule is Cc1cccc(CCCNC(=O)c2ccc(C3SCC(=O)N3Cc3ccc(Cl)cc3)cc2)c1. The molecule has 1 saturated heterocycles. The van der Waals surface area contributed by atoms with Gasteiger partial charge in [-0.25, -0.2) is 0 Å². The summed E-state index contributed by atoms with van der Waals surface area (Å²) in [5.41, 5.74) is 5.25. The molecule has 33 heavy (non-hydrogen) atoms. The molecule has 1 aliphatic heterocycles. The van der Waals surface area contributed by atoms with Crippen LogP contribution in [0.3, 0.4) is 0 Å². The average Bonchev–Trinajstić information content (AvgIpc) is 3.18. The van der Waals surface area contributed by atoms with Crippen molar-refractivity contribution in [3.05, 3.63) is 106 Å². The van der Waals surface area contributed by atoms with E-state index in [2.05, 4.69) is 36.5 Å². The van der Waals surface area contributed by atoms with Crippen molar-refractivity contribution in [1.29, 1.82) is 0 Å². The van der Waals surface area contributed by atoms with Crippen molar-refractivity contribution in [2.24, 2.45) is 0 Å². The van der Waals surface area contributed by atoms with Gasteiger partial charge in [0.05, 0.1) is 5.75 Å². The van der Waals surface area contributed by atoms with Gasteiger partial charge in [-0.15, -0.1) is 11.8 Å². The van der Waals surface area contributed by atoms with Crippen molar-refractivity contribution in [3.63, 3.8) is 0 Å². The Morgan fingerprint density at radius 1 is 1.06 bits per heavy atom. The van der Waals surface area contributed by atoms with Crippen molar-refractivity contribution < 1.29 is 9.59 Å². The fraction of sp³-hybridized carbons (Fsp3) is 0.259. The Bertz CT molecular complexity index is 1120. The Morgan fingerprint density at radius 2 is 1.82 bits per heavy atom. The van der Waals surface area contributed by atoms with Crippen LogP contribution < -0.4 is 5.32 Å². The lowest BCUT2D eigenvalue weighted by Gasteiger charge is -2.24. The second-order valence-corrected chi connectivity index (χ2v) is 9.79. The normalized spacial score (nSPS) is 15.6. The highest BCUT2D eigenvalue weighted by molar-refractivity contribution is 8.00. The van der Waals surface area contributed by atoms with Crippen LogP contribution in [0, 0.1) is 6.92 Å². The van der Waals surface area contributed by atoms with E-state index < -0.39 is 0 Å². The number of rotatable bonds is 8. The molecule has 0 saturated carbocycles. The Kier molecular flexibility index (Phi) is 7.73. The van der Waals surface area contributed by atoms with Gasteiger partial charge >= 0.3 is 0 Å². The molecule has 0 spiro atoms. The summed E-state index contributed by atoms with van der Waals surface area (Å²) in [6, 6.07) is 23.6. The summed E-state index contributed by atoms with van der Waals surface area (Å²) < 4.78 is 0. The molecule has 0 bridgehead atoms. The summed E-state index contributed by atoms with van der Waals surface area (Å²) in [4.78, 5) is 26.9. The summed E-state index contributed by atoms with van der Waals surface area (Å²) in [5.74, 6) is 0.510. The van der Waals surface area contributed by atoms with E-state index in [1.807, 2.05) is 53.4 Å². The summed E-state index contributed by atoms with van der Waals surface area (Å²) in [5, 5.41) is 3.63. The Morgan fingerprint density at radius 3 is 2.55 bits per heavy atom. The Labute approximate surface area is 204 Å². The predicted molar refractivity (Wildman–Crippen MR) is 135 cm³/mol. The average molecular weight is 479 g/mol. The highest BCUT2D eigenvalue weighted by atomic mass is 35.5. The van der Waals surface area contributed by atoms with Crippen LogP contribution in [0.4, 0.5) is 0 Å². The highest BCUT2D eigenvalue weighted by Crippen LogP contribution is 2.39. The van der Waals surface area contributed by atoms with Crippen LogP contribution in [0.1, 0.15) is 44.4 Å². The van der Waals surface area contributed by atoms with Crippen LogP contribution >= 0.6 is 23.4 Å². The van der Waals surface area contributed by atoms with Gasteiger partial charge in [-0.3, -0.25) is 9.59 Å². The van der Waals surface area contributed by atoms with Gasteiger partial charge in [-0.1, -0.05) is 65.7 Å². The first-order chi connectivity index (χ1) is 16.0. The van der Waals surface area contributed by atoms with Crippen molar-refractivity contribution in [3.8, 4) is 0 Å². The van der Waals surface area contributed by atoms with Crippen LogP contribution in [-0.4, -0.2) is 29.0 Å². The van der Waals surface area contributed by atoms with Gasteiger partial charge in [0, 0.05) is 23.7 Å². The van der Waals surface area contributed by atoms with E-state index in [0.717, 1.165) is 24.0 Å². The molecule has 4 nitrogen and oxygen atoms in total. The minimum Gasteiger partial charge on any atom is -0.352 e. The molecule has 0 aromatic heterocycles. The minimum atomic E-state index is -0.0704. The first-order valence-corrected chi connectivity index (χ1v) is 12.5. The number of carbonyl (C=O) groups is 2. The number of amides is 2. The van der Waals surface area contributed by atoms with E-state index in [1.165, 1.54) is 11.1 Å². The molecule has 1 atom stereocenters. The zero-order valence-electron chi connectivity index (χ0n) is 18.6. The zero-order chi connectivity index (χ0) is 23.2. The summed E-state index contributed by atoms with van der Waals surface area (Å²) in [6.45, 7) is 3.26. The summed E-state index contributed by atoms with van der Waals surface area (Å²) in [6.07, 6.45) is 1.84. The molecule has 0 aliphatic carbocycles. The fourth-order valence-corrected chi connectivity index (χ4v) is 5.26. The molecule has 1 fully saturated rings. The number of thioether (sulfide) groups is 1. The number of nitrogens with one attached hydrogen (secondary N) is 1. The molecule has 0 radical (unpaired) electrons. The number of halogens is 1. The van der Waals surface area contributed by atoms with E-state index in [0.29, 0.717) is 29.4 Å². The van der Waals surface area contributed by atoms with Gasteiger partial charge in [-0.05, 0) is 60.7 Å². The van der Waals surface area contributed by atoms with Gasteiger partial charge in [0.25, 0.3) is 5.91 Å². The lowest BCUT2D eigenvalue weighted by molar-refractivity contribution is -0.128. The topological polar surface area (TPSA) is 49.4 Å². The lowest BCUT2D eigenvalue weighted by atomic mass is 10.1. The van der Waals surface area contributed by atoms with Gasteiger partial charge in [-0.2, -0.15) is 0 Å². The van der Waals surface area contributed by atoms with E-state index in [4.69, 9.17) is 11.6 Å². The molecule has 3 aromatic carbocycles. The van der Waals surface area contributed by atoms with Gasteiger partial charge < -0.3 is 10.2 Å². The molecule has 6 heteroatoms.